The number of rotatable bonds is 6. The Morgan fingerprint density at radius 3 is 2.63 bits per heavy atom. The van der Waals surface area contributed by atoms with E-state index in [0.717, 1.165) is 30.0 Å². The molecule has 1 aliphatic heterocycles. The maximum Gasteiger partial charge on any atom is 0.318 e. The van der Waals surface area contributed by atoms with E-state index in [0.29, 0.717) is 18.8 Å². The quantitative estimate of drug-likeness (QED) is 0.678. The van der Waals surface area contributed by atoms with Crippen LogP contribution in [-0.4, -0.2) is 42.8 Å². The third-order valence-electron chi connectivity index (χ3n) is 5.57. The highest BCUT2D eigenvalue weighted by Crippen LogP contribution is 2.38. The van der Waals surface area contributed by atoms with Gasteiger partial charge >= 0.3 is 6.03 Å². The molecule has 0 unspecified atom stereocenters. The molecule has 0 spiro atoms. The first-order valence-electron chi connectivity index (χ1n) is 10.2. The van der Waals surface area contributed by atoms with Crippen molar-refractivity contribution in [1.29, 1.82) is 0 Å². The first-order chi connectivity index (χ1) is 14.7. The largest absolute Gasteiger partial charge is 0.497 e. The Morgan fingerprint density at radius 1 is 1.03 bits per heavy atom. The third kappa shape index (κ3) is 3.99. The van der Waals surface area contributed by atoms with Gasteiger partial charge in [0.25, 0.3) is 0 Å². The van der Waals surface area contributed by atoms with Crippen molar-refractivity contribution < 1.29 is 14.3 Å². The second-order valence-electron chi connectivity index (χ2n) is 7.30. The number of benzene rings is 2. The number of ether oxygens (including phenoxy) is 2. The van der Waals surface area contributed by atoms with E-state index in [1.54, 1.807) is 14.2 Å². The monoisotopic (exact) mass is 405 g/mol. The van der Waals surface area contributed by atoms with E-state index in [1.165, 1.54) is 5.56 Å². The Kier molecular flexibility index (Phi) is 5.93. The molecule has 2 amide bonds. The number of nitrogens with one attached hydrogen (secondary N) is 1. The lowest BCUT2D eigenvalue weighted by molar-refractivity contribution is 0.167. The summed E-state index contributed by atoms with van der Waals surface area (Å²) in [7, 11) is 3.27. The number of methoxy groups -OCH3 is 2. The number of amides is 2. The van der Waals surface area contributed by atoms with Crippen molar-refractivity contribution in [3.05, 3.63) is 83.7 Å². The van der Waals surface area contributed by atoms with Gasteiger partial charge in [0.2, 0.25) is 0 Å². The molecule has 1 atom stereocenters. The Hall–Kier alpha value is -3.41. The van der Waals surface area contributed by atoms with E-state index in [-0.39, 0.29) is 12.1 Å². The summed E-state index contributed by atoms with van der Waals surface area (Å²) >= 11 is 0. The van der Waals surface area contributed by atoms with Crippen LogP contribution in [0.5, 0.6) is 11.5 Å². The molecule has 6 heteroatoms. The van der Waals surface area contributed by atoms with Crippen molar-refractivity contribution in [2.75, 3.05) is 27.3 Å². The van der Waals surface area contributed by atoms with Crippen LogP contribution in [0, 0.1) is 0 Å². The SMILES string of the molecule is COc1ccc([C@@H]2c3cccn3CCN2C(=O)NCCc2ccccc2)c(OC)c1. The van der Waals surface area contributed by atoms with Crippen LogP contribution in [0.3, 0.4) is 0 Å². The van der Waals surface area contributed by atoms with Crippen LogP contribution in [0.2, 0.25) is 0 Å². The van der Waals surface area contributed by atoms with Crippen LogP contribution in [0.15, 0.2) is 66.9 Å². The molecule has 1 N–H and O–H groups in total. The zero-order valence-electron chi connectivity index (χ0n) is 17.4. The third-order valence-corrected chi connectivity index (χ3v) is 5.57. The first-order valence-corrected chi connectivity index (χ1v) is 10.2. The molecule has 2 aromatic carbocycles. The van der Waals surface area contributed by atoms with Crippen LogP contribution in [0.25, 0.3) is 0 Å². The molecule has 0 radical (unpaired) electrons. The Balaban J connectivity index is 1.58. The molecule has 4 rings (SSSR count). The second-order valence-corrected chi connectivity index (χ2v) is 7.30. The van der Waals surface area contributed by atoms with Gasteiger partial charge in [-0.25, -0.2) is 4.79 Å². The number of fused-ring (bicyclic) bond motifs is 1. The average Bonchev–Trinajstić information content (AvgIpc) is 3.27. The molecule has 0 aliphatic carbocycles. The van der Waals surface area contributed by atoms with Gasteiger partial charge in [-0.05, 0) is 36.2 Å². The number of hydrogen-bond acceptors (Lipinski definition) is 3. The number of aromatic nitrogens is 1. The highest BCUT2D eigenvalue weighted by molar-refractivity contribution is 5.75. The fourth-order valence-electron chi connectivity index (χ4n) is 4.03. The van der Waals surface area contributed by atoms with E-state index in [2.05, 4.69) is 34.3 Å². The minimum absolute atomic E-state index is 0.0683. The molecule has 6 nitrogen and oxygen atoms in total. The maximum absolute atomic E-state index is 13.2. The van der Waals surface area contributed by atoms with Gasteiger partial charge in [-0.1, -0.05) is 30.3 Å². The van der Waals surface area contributed by atoms with Gasteiger partial charge in [0.05, 0.1) is 14.2 Å². The van der Waals surface area contributed by atoms with Crippen LogP contribution in [-0.2, 0) is 13.0 Å². The zero-order valence-corrected chi connectivity index (χ0v) is 17.4. The lowest BCUT2D eigenvalue weighted by Gasteiger charge is -2.37. The number of urea groups is 1. The highest BCUT2D eigenvalue weighted by Gasteiger charge is 2.34. The van der Waals surface area contributed by atoms with Crippen LogP contribution in [0.4, 0.5) is 4.79 Å². The van der Waals surface area contributed by atoms with E-state index < -0.39 is 0 Å². The number of hydrogen-bond donors (Lipinski definition) is 1. The van der Waals surface area contributed by atoms with Gasteiger partial charge in [-0.3, -0.25) is 0 Å². The van der Waals surface area contributed by atoms with Gasteiger partial charge in [0.1, 0.15) is 17.5 Å². The van der Waals surface area contributed by atoms with E-state index in [9.17, 15) is 4.79 Å². The number of carbonyl (C=O) groups excluding carboxylic acids is 1. The standard InChI is InChI=1S/C24H27N3O3/c1-29-19-10-11-20(22(17-19)30-2)23-21-9-6-14-26(21)15-16-27(23)24(28)25-13-12-18-7-4-3-5-8-18/h3-11,14,17,23H,12-13,15-16H2,1-2H3,(H,25,28)/t23-/m1/s1. The smallest absolute Gasteiger partial charge is 0.318 e. The van der Waals surface area contributed by atoms with Crippen molar-refractivity contribution in [3.63, 3.8) is 0 Å². The van der Waals surface area contributed by atoms with Gasteiger partial charge in [-0.2, -0.15) is 0 Å². The molecule has 3 aromatic rings. The molecule has 1 aromatic heterocycles. The summed E-state index contributed by atoms with van der Waals surface area (Å²) in [6.45, 7) is 1.98. The fourth-order valence-corrected chi connectivity index (χ4v) is 4.03. The summed E-state index contributed by atoms with van der Waals surface area (Å²) in [5.74, 6) is 1.43. The predicted octanol–water partition coefficient (Wildman–Crippen LogP) is 3.86. The maximum atomic E-state index is 13.2. The summed E-state index contributed by atoms with van der Waals surface area (Å²) in [6.07, 6.45) is 2.86. The molecule has 156 valence electrons. The fraction of sp³-hybridized carbons (Fsp3) is 0.292. The summed E-state index contributed by atoms with van der Waals surface area (Å²) in [4.78, 5) is 15.1. The Labute approximate surface area is 177 Å². The minimum atomic E-state index is -0.230. The Bertz CT molecular complexity index is 1000. The van der Waals surface area contributed by atoms with Crippen molar-refractivity contribution in [3.8, 4) is 11.5 Å². The molecule has 30 heavy (non-hydrogen) atoms. The predicted molar refractivity (Wildman–Crippen MR) is 116 cm³/mol. The second kappa shape index (κ2) is 8.95. The molecule has 1 aliphatic rings. The molecular weight excluding hydrogens is 378 g/mol. The summed E-state index contributed by atoms with van der Waals surface area (Å²) in [5.41, 5.74) is 3.22. The first kappa shape index (κ1) is 19.9. The van der Waals surface area contributed by atoms with Crippen LogP contribution in [0.1, 0.15) is 22.9 Å². The molecule has 0 fully saturated rings. The molecule has 0 saturated heterocycles. The number of nitrogens with zero attached hydrogens (tertiary/aromatic N) is 2. The molecular formula is C24H27N3O3. The zero-order chi connectivity index (χ0) is 20.9. The van der Waals surface area contributed by atoms with Gasteiger partial charge in [0, 0.05) is 43.2 Å². The lowest BCUT2D eigenvalue weighted by atomic mass is 9.99. The van der Waals surface area contributed by atoms with E-state index in [1.807, 2.05) is 47.4 Å². The normalized spacial score (nSPS) is 15.4. The molecule has 0 bridgehead atoms. The van der Waals surface area contributed by atoms with Crippen molar-refractivity contribution >= 4 is 6.03 Å². The summed E-state index contributed by atoms with van der Waals surface area (Å²) < 4.78 is 13.2. The topological polar surface area (TPSA) is 55.7 Å². The van der Waals surface area contributed by atoms with Crippen LogP contribution >= 0.6 is 0 Å². The van der Waals surface area contributed by atoms with Crippen molar-refractivity contribution in [1.82, 2.24) is 14.8 Å². The number of carbonyl (C=O) groups is 1. The van der Waals surface area contributed by atoms with Gasteiger partial charge in [0.15, 0.2) is 0 Å². The highest BCUT2D eigenvalue weighted by atomic mass is 16.5. The van der Waals surface area contributed by atoms with E-state index >= 15 is 0 Å². The summed E-state index contributed by atoms with van der Waals surface area (Å²) in [5, 5.41) is 3.10. The van der Waals surface area contributed by atoms with Gasteiger partial charge in [-0.15, -0.1) is 0 Å². The van der Waals surface area contributed by atoms with Gasteiger partial charge < -0.3 is 24.3 Å². The minimum Gasteiger partial charge on any atom is -0.497 e. The van der Waals surface area contributed by atoms with Crippen molar-refractivity contribution in [2.45, 2.75) is 19.0 Å². The summed E-state index contributed by atoms with van der Waals surface area (Å²) in [6, 6.07) is 19.7. The van der Waals surface area contributed by atoms with Crippen LogP contribution < -0.4 is 14.8 Å². The molecule has 2 heterocycles. The average molecular weight is 405 g/mol. The Morgan fingerprint density at radius 2 is 1.87 bits per heavy atom. The lowest BCUT2D eigenvalue weighted by Crippen LogP contribution is -2.47. The molecule has 0 saturated carbocycles. The van der Waals surface area contributed by atoms with Crippen molar-refractivity contribution in [2.24, 2.45) is 0 Å². The van der Waals surface area contributed by atoms with E-state index in [4.69, 9.17) is 9.47 Å².